The second-order valence-corrected chi connectivity index (χ2v) is 6.96. The molecule has 3 amide bonds. The van der Waals surface area contributed by atoms with Crippen molar-refractivity contribution in [2.45, 2.75) is 44.1 Å². The summed E-state index contributed by atoms with van der Waals surface area (Å²) in [5.41, 5.74) is -0.840. The van der Waals surface area contributed by atoms with Gasteiger partial charge in [0.2, 0.25) is 0 Å². The average Bonchev–Trinajstić information content (AvgIpc) is 2.83. The molecule has 6 nitrogen and oxygen atoms in total. The molecule has 0 spiro atoms. The van der Waals surface area contributed by atoms with E-state index in [1.54, 1.807) is 13.1 Å². The Morgan fingerprint density at radius 3 is 2.38 bits per heavy atom. The fourth-order valence-electron chi connectivity index (χ4n) is 3.28. The molecule has 1 aliphatic rings. The summed E-state index contributed by atoms with van der Waals surface area (Å²) in [6, 6.07) is 5.44. The van der Waals surface area contributed by atoms with E-state index >= 15 is 0 Å². The Morgan fingerprint density at radius 1 is 1.12 bits per heavy atom. The minimum absolute atomic E-state index is 0.0217. The van der Waals surface area contributed by atoms with Crippen LogP contribution < -0.4 is 10.6 Å². The molecule has 1 fully saturated rings. The number of nitrogens with zero attached hydrogens (tertiary/aromatic N) is 1. The molecule has 1 saturated carbocycles. The molecule has 144 valence electrons. The topological polar surface area (TPSA) is 81.7 Å². The summed E-state index contributed by atoms with van der Waals surface area (Å²) in [6.07, 6.45) is 5.63. The van der Waals surface area contributed by atoms with Crippen molar-refractivity contribution in [1.29, 1.82) is 0 Å². The average molecular weight is 365 g/mol. The van der Waals surface area contributed by atoms with Crippen molar-refractivity contribution in [1.82, 2.24) is 15.5 Å². The molecule has 0 heterocycles. The zero-order chi connectivity index (χ0) is 19.0. The number of likely N-dealkylation sites (N-methyl/N-ethyl adjacent to an activating group) is 1. The number of hydrogen-bond donors (Lipinski definition) is 3. The third-order valence-electron chi connectivity index (χ3n) is 4.72. The molecule has 1 aliphatic carbocycles. The van der Waals surface area contributed by atoms with Crippen LogP contribution in [0.2, 0.25) is 0 Å². The standard InChI is InChI=1S/C19H28FN3O3/c1-23(14-19(26)10-6-2-3-7-11-19)18(25)22-13-12-21-17(24)15-8-4-5-9-16(15)20/h4-5,8-9,26H,2-3,6-7,10-14H2,1H3,(H,21,24)(H,22,25). The first kappa shape index (κ1) is 20.2. The van der Waals surface area contributed by atoms with Gasteiger partial charge in [-0.15, -0.1) is 0 Å². The van der Waals surface area contributed by atoms with Crippen molar-refractivity contribution in [2.24, 2.45) is 0 Å². The molecule has 26 heavy (non-hydrogen) atoms. The zero-order valence-electron chi connectivity index (χ0n) is 15.3. The highest BCUT2D eigenvalue weighted by molar-refractivity contribution is 5.94. The summed E-state index contributed by atoms with van der Waals surface area (Å²) in [5.74, 6) is -1.09. The van der Waals surface area contributed by atoms with Gasteiger partial charge in [0, 0.05) is 20.1 Å². The predicted molar refractivity (Wildman–Crippen MR) is 97.4 cm³/mol. The zero-order valence-corrected chi connectivity index (χ0v) is 15.3. The van der Waals surface area contributed by atoms with Gasteiger partial charge in [0.25, 0.3) is 5.91 Å². The highest BCUT2D eigenvalue weighted by Crippen LogP contribution is 2.27. The lowest BCUT2D eigenvalue weighted by Crippen LogP contribution is -2.48. The van der Waals surface area contributed by atoms with E-state index in [-0.39, 0.29) is 24.7 Å². The second-order valence-electron chi connectivity index (χ2n) is 6.96. The van der Waals surface area contributed by atoms with Crippen molar-refractivity contribution in [3.05, 3.63) is 35.6 Å². The molecule has 0 radical (unpaired) electrons. The highest BCUT2D eigenvalue weighted by Gasteiger charge is 2.30. The van der Waals surface area contributed by atoms with Crippen LogP contribution in [0.1, 0.15) is 48.9 Å². The lowest BCUT2D eigenvalue weighted by molar-refractivity contribution is 0.00467. The summed E-state index contributed by atoms with van der Waals surface area (Å²) in [6.45, 7) is 0.708. The van der Waals surface area contributed by atoms with Gasteiger partial charge in [-0.25, -0.2) is 9.18 Å². The maximum atomic E-state index is 13.5. The Bertz CT molecular complexity index is 616. The molecular formula is C19H28FN3O3. The summed E-state index contributed by atoms with van der Waals surface area (Å²) in [4.78, 5) is 25.5. The number of benzene rings is 1. The first-order chi connectivity index (χ1) is 12.4. The normalized spacial score (nSPS) is 16.4. The van der Waals surface area contributed by atoms with E-state index in [2.05, 4.69) is 10.6 Å². The monoisotopic (exact) mass is 365 g/mol. The van der Waals surface area contributed by atoms with E-state index in [9.17, 15) is 19.1 Å². The van der Waals surface area contributed by atoms with E-state index in [1.165, 1.54) is 23.1 Å². The van der Waals surface area contributed by atoms with E-state index in [1.807, 2.05) is 0 Å². The molecule has 1 aromatic carbocycles. The van der Waals surface area contributed by atoms with Crippen molar-refractivity contribution >= 4 is 11.9 Å². The number of rotatable bonds is 6. The Balaban J connectivity index is 1.71. The van der Waals surface area contributed by atoms with Crippen molar-refractivity contribution in [3.63, 3.8) is 0 Å². The van der Waals surface area contributed by atoms with Gasteiger partial charge in [-0.2, -0.15) is 0 Å². The van der Waals surface area contributed by atoms with Crippen LogP contribution >= 0.6 is 0 Å². The molecule has 0 bridgehead atoms. The number of carbonyl (C=O) groups is 2. The summed E-state index contributed by atoms with van der Waals surface area (Å²) < 4.78 is 13.5. The molecule has 7 heteroatoms. The largest absolute Gasteiger partial charge is 0.388 e. The molecular weight excluding hydrogens is 337 g/mol. The number of amides is 3. The Kier molecular flexibility index (Phi) is 7.38. The van der Waals surface area contributed by atoms with E-state index in [4.69, 9.17) is 0 Å². The number of nitrogens with one attached hydrogen (secondary N) is 2. The maximum Gasteiger partial charge on any atom is 0.317 e. The fourth-order valence-corrected chi connectivity index (χ4v) is 3.28. The molecule has 1 aromatic rings. The van der Waals surface area contributed by atoms with Gasteiger partial charge in [-0.05, 0) is 25.0 Å². The van der Waals surface area contributed by atoms with Crippen LogP contribution in [0.3, 0.4) is 0 Å². The summed E-state index contributed by atoms with van der Waals surface area (Å²) >= 11 is 0. The summed E-state index contributed by atoms with van der Waals surface area (Å²) in [7, 11) is 1.65. The smallest absolute Gasteiger partial charge is 0.317 e. The van der Waals surface area contributed by atoms with Gasteiger partial charge in [0.15, 0.2) is 0 Å². The van der Waals surface area contributed by atoms with Crippen LogP contribution in [0.5, 0.6) is 0 Å². The van der Waals surface area contributed by atoms with Crippen LogP contribution in [-0.4, -0.2) is 54.2 Å². The molecule has 0 saturated heterocycles. The minimum atomic E-state index is -0.818. The third-order valence-corrected chi connectivity index (χ3v) is 4.72. The summed E-state index contributed by atoms with van der Waals surface area (Å²) in [5, 5.41) is 15.9. The Labute approximate surface area is 153 Å². The van der Waals surface area contributed by atoms with E-state index in [0.717, 1.165) is 25.7 Å². The van der Waals surface area contributed by atoms with Gasteiger partial charge in [-0.3, -0.25) is 4.79 Å². The fraction of sp³-hybridized carbons (Fsp3) is 0.579. The van der Waals surface area contributed by atoms with Crippen molar-refractivity contribution in [2.75, 3.05) is 26.7 Å². The van der Waals surface area contributed by atoms with Crippen molar-refractivity contribution in [3.8, 4) is 0 Å². The lowest BCUT2D eigenvalue weighted by atomic mass is 9.94. The van der Waals surface area contributed by atoms with Crippen LogP contribution in [0.15, 0.2) is 24.3 Å². The van der Waals surface area contributed by atoms with Gasteiger partial charge in [0.05, 0.1) is 17.7 Å². The van der Waals surface area contributed by atoms with E-state index < -0.39 is 17.3 Å². The van der Waals surface area contributed by atoms with Crippen molar-refractivity contribution < 1.29 is 19.1 Å². The predicted octanol–water partition coefficient (Wildman–Crippen LogP) is 2.28. The number of halogens is 1. The molecule has 0 aliphatic heterocycles. The molecule has 0 aromatic heterocycles. The first-order valence-electron chi connectivity index (χ1n) is 9.15. The molecule has 0 unspecified atom stereocenters. The molecule has 0 atom stereocenters. The number of aliphatic hydroxyl groups is 1. The van der Waals surface area contributed by atoms with Crippen LogP contribution in [0.25, 0.3) is 0 Å². The Hall–Kier alpha value is -2.15. The quantitative estimate of drug-likeness (QED) is 0.534. The van der Waals surface area contributed by atoms with Crippen LogP contribution in [-0.2, 0) is 0 Å². The number of urea groups is 1. The number of hydrogen-bond acceptors (Lipinski definition) is 3. The third kappa shape index (κ3) is 5.98. The van der Waals surface area contributed by atoms with Gasteiger partial charge in [-0.1, -0.05) is 37.8 Å². The first-order valence-corrected chi connectivity index (χ1v) is 9.15. The van der Waals surface area contributed by atoms with Gasteiger partial charge in [0.1, 0.15) is 5.82 Å². The Morgan fingerprint density at radius 2 is 1.73 bits per heavy atom. The molecule has 3 N–H and O–H groups in total. The SMILES string of the molecule is CN(CC1(O)CCCCCC1)C(=O)NCCNC(=O)c1ccccc1F. The lowest BCUT2D eigenvalue weighted by Gasteiger charge is -2.31. The van der Waals surface area contributed by atoms with Gasteiger partial charge >= 0.3 is 6.03 Å². The minimum Gasteiger partial charge on any atom is -0.388 e. The maximum absolute atomic E-state index is 13.5. The van der Waals surface area contributed by atoms with Crippen LogP contribution in [0, 0.1) is 5.82 Å². The highest BCUT2D eigenvalue weighted by atomic mass is 19.1. The van der Waals surface area contributed by atoms with Gasteiger partial charge < -0.3 is 20.6 Å². The van der Waals surface area contributed by atoms with Crippen LogP contribution in [0.4, 0.5) is 9.18 Å². The second kappa shape index (κ2) is 9.52. The van der Waals surface area contributed by atoms with E-state index in [0.29, 0.717) is 19.4 Å². The molecule has 2 rings (SSSR count). The number of carbonyl (C=O) groups excluding carboxylic acids is 2.